The van der Waals surface area contributed by atoms with E-state index in [1.54, 1.807) is 14.0 Å². The van der Waals surface area contributed by atoms with Crippen molar-refractivity contribution in [2.75, 3.05) is 20.2 Å². The number of aliphatic carboxylic acids is 1. The highest BCUT2D eigenvalue weighted by molar-refractivity contribution is 5.69. The van der Waals surface area contributed by atoms with E-state index in [4.69, 9.17) is 9.84 Å². The van der Waals surface area contributed by atoms with Gasteiger partial charge in [0.2, 0.25) is 0 Å². The summed E-state index contributed by atoms with van der Waals surface area (Å²) < 4.78 is 5.31. The van der Waals surface area contributed by atoms with Crippen LogP contribution in [0, 0.1) is 5.92 Å². The van der Waals surface area contributed by atoms with Crippen molar-refractivity contribution in [2.45, 2.75) is 39.2 Å². The van der Waals surface area contributed by atoms with E-state index < -0.39 is 5.97 Å². The molecule has 0 saturated heterocycles. The fraction of sp³-hybridized carbons (Fsp3) is 0.588. The highest BCUT2D eigenvalue weighted by Gasteiger charge is 2.26. The summed E-state index contributed by atoms with van der Waals surface area (Å²) in [5.74, 6) is -0.140. The van der Waals surface area contributed by atoms with E-state index in [0.717, 1.165) is 31.6 Å². The third-order valence-electron chi connectivity index (χ3n) is 4.47. The van der Waals surface area contributed by atoms with Gasteiger partial charge in [-0.05, 0) is 49.1 Å². The van der Waals surface area contributed by atoms with Crippen molar-refractivity contribution in [2.24, 2.45) is 5.92 Å². The minimum Gasteiger partial charge on any atom is -0.497 e. The fourth-order valence-corrected chi connectivity index (χ4v) is 3.12. The monoisotopic (exact) mass is 291 g/mol. The molecule has 1 aliphatic rings. The van der Waals surface area contributed by atoms with Gasteiger partial charge in [-0.3, -0.25) is 9.69 Å². The maximum atomic E-state index is 11.1. The largest absolute Gasteiger partial charge is 0.497 e. The Balaban J connectivity index is 2.09. The van der Waals surface area contributed by atoms with Crippen molar-refractivity contribution in [3.8, 4) is 5.75 Å². The van der Waals surface area contributed by atoms with Gasteiger partial charge in [0.25, 0.3) is 0 Å². The van der Waals surface area contributed by atoms with Crippen molar-refractivity contribution < 1.29 is 14.6 Å². The van der Waals surface area contributed by atoms with Crippen LogP contribution in [0.1, 0.15) is 31.4 Å². The highest BCUT2D eigenvalue weighted by Crippen LogP contribution is 2.28. The second kappa shape index (κ2) is 6.94. The average Bonchev–Trinajstić information content (AvgIpc) is 2.51. The summed E-state index contributed by atoms with van der Waals surface area (Å²) in [5.41, 5.74) is 2.74. The van der Waals surface area contributed by atoms with Crippen molar-refractivity contribution in [1.82, 2.24) is 4.90 Å². The van der Waals surface area contributed by atoms with Gasteiger partial charge in [0.15, 0.2) is 0 Å². The lowest BCUT2D eigenvalue weighted by Crippen LogP contribution is -2.42. The van der Waals surface area contributed by atoms with E-state index in [1.165, 1.54) is 11.1 Å². The van der Waals surface area contributed by atoms with Gasteiger partial charge in [0, 0.05) is 12.6 Å². The van der Waals surface area contributed by atoms with Crippen LogP contribution in [0.15, 0.2) is 18.2 Å². The quantitative estimate of drug-likeness (QED) is 0.875. The van der Waals surface area contributed by atoms with E-state index in [0.29, 0.717) is 12.6 Å². The normalized spacial score (nSPS) is 19.1. The maximum Gasteiger partial charge on any atom is 0.307 e. The van der Waals surface area contributed by atoms with E-state index in [2.05, 4.69) is 24.0 Å². The van der Waals surface area contributed by atoms with Crippen LogP contribution in [0.2, 0.25) is 0 Å². The first-order chi connectivity index (χ1) is 10.0. The molecule has 0 amide bonds. The number of carbonyl (C=O) groups is 1. The zero-order valence-electron chi connectivity index (χ0n) is 13.1. The fourth-order valence-electron chi connectivity index (χ4n) is 3.12. The molecular weight excluding hydrogens is 266 g/mol. The van der Waals surface area contributed by atoms with Crippen LogP contribution in [-0.2, 0) is 17.6 Å². The molecule has 21 heavy (non-hydrogen) atoms. The molecule has 0 radical (unpaired) electrons. The first-order valence-electron chi connectivity index (χ1n) is 7.67. The van der Waals surface area contributed by atoms with Gasteiger partial charge in [-0.1, -0.05) is 19.9 Å². The number of rotatable bonds is 6. The van der Waals surface area contributed by atoms with Crippen LogP contribution in [0.4, 0.5) is 0 Å². The molecule has 2 atom stereocenters. The minimum atomic E-state index is -0.716. The van der Waals surface area contributed by atoms with Crippen LogP contribution in [0.25, 0.3) is 0 Å². The smallest absolute Gasteiger partial charge is 0.307 e. The van der Waals surface area contributed by atoms with Gasteiger partial charge in [0.1, 0.15) is 5.75 Å². The Hall–Kier alpha value is -1.55. The molecule has 1 aliphatic carbocycles. The zero-order valence-corrected chi connectivity index (χ0v) is 13.1. The van der Waals surface area contributed by atoms with Crippen molar-refractivity contribution in [3.05, 3.63) is 29.3 Å². The predicted molar refractivity (Wildman–Crippen MR) is 82.9 cm³/mol. The summed E-state index contributed by atoms with van der Waals surface area (Å²) in [7, 11) is 1.69. The Morgan fingerprint density at radius 3 is 2.86 bits per heavy atom. The molecule has 1 aromatic carbocycles. The summed E-state index contributed by atoms with van der Waals surface area (Å²) in [6.07, 6.45) is 3.13. The standard InChI is InChI=1S/C17H25NO3/c1-4-18(11-12(2)17(19)20)15-7-5-13-6-8-16(21-3)10-14(13)9-15/h6,8,10,12,15H,4-5,7,9,11H2,1-3H3,(H,19,20). The lowest BCUT2D eigenvalue weighted by molar-refractivity contribution is -0.141. The van der Waals surface area contributed by atoms with Gasteiger partial charge < -0.3 is 9.84 Å². The minimum absolute atomic E-state index is 0.323. The third-order valence-corrected chi connectivity index (χ3v) is 4.47. The van der Waals surface area contributed by atoms with Crippen LogP contribution < -0.4 is 4.74 Å². The Kier molecular flexibility index (Phi) is 5.23. The molecule has 4 heteroatoms. The van der Waals surface area contributed by atoms with Crippen molar-refractivity contribution >= 4 is 5.97 Å². The van der Waals surface area contributed by atoms with Gasteiger partial charge in [-0.15, -0.1) is 0 Å². The lowest BCUT2D eigenvalue weighted by Gasteiger charge is -2.35. The average molecular weight is 291 g/mol. The molecule has 2 unspecified atom stereocenters. The molecule has 1 N–H and O–H groups in total. The number of hydrogen-bond acceptors (Lipinski definition) is 3. The number of hydrogen-bond donors (Lipinski definition) is 1. The lowest BCUT2D eigenvalue weighted by atomic mass is 9.87. The SMILES string of the molecule is CCN(CC(C)C(=O)O)C1CCc2ccc(OC)cc2C1. The van der Waals surface area contributed by atoms with Crippen LogP contribution >= 0.6 is 0 Å². The maximum absolute atomic E-state index is 11.1. The van der Waals surface area contributed by atoms with Crippen LogP contribution in [-0.4, -0.2) is 42.2 Å². The number of aryl methyl sites for hydroxylation is 1. The first kappa shape index (κ1) is 15.8. The molecule has 4 nitrogen and oxygen atoms in total. The molecule has 0 aliphatic heterocycles. The molecule has 116 valence electrons. The number of ether oxygens (including phenoxy) is 1. The van der Waals surface area contributed by atoms with Crippen LogP contribution in [0.3, 0.4) is 0 Å². The van der Waals surface area contributed by atoms with Crippen molar-refractivity contribution in [1.29, 1.82) is 0 Å². The van der Waals surface area contributed by atoms with E-state index in [1.807, 2.05) is 6.07 Å². The molecule has 0 fully saturated rings. The second-order valence-electron chi connectivity index (χ2n) is 5.86. The van der Waals surface area contributed by atoms with Gasteiger partial charge in [-0.25, -0.2) is 0 Å². The molecule has 0 bridgehead atoms. The Bertz CT molecular complexity index is 501. The predicted octanol–water partition coefficient (Wildman–Crippen LogP) is 2.60. The van der Waals surface area contributed by atoms with Gasteiger partial charge >= 0.3 is 5.97 Å². The summed E-state index contributed by atoms with van der Waals surface area (Å²) in [4.78, 5) is 13.4. The first-order valence-corrected chi connectivity index (χ1v) is 7.67. The molecule has 2 rings (SSSR count). The Labute approximate surface area is 126 Å². The second-order valence-corrected chi connectivity index (χ2v) is 5.86. The highest BCUT2D eigenvalue weighted by atomic mass is 16.5. The molecular formula is C17H25NO3. The topological polar surface area (TPSA) is 49.8 Å². The summed E-state index contributed by atoms with van der Waals surface area (Å²) in [5, 5.41) is 9.11. The number of methoxy groups -OCH3 is 1. The Morgan fingerprint density at radius 2 is 2.24 bits per heavy atom. The van der Waals surface area contributed by atoms with E-state index >= 15 is 0 Å². The Morgan fingerprint density at radius 1 is 1.48 bits per heavy atom. The molecule has 0 heterocycles. The molecule has 0 saturated carbocycles. The summed E-state index contributed by atoms with van der Waals surface area (Å²) in [6.45, 7) is 5.40. The number of benzene rings is 1. The number of carboxylic acids is 1. The summed E-state index contributed by atoms with van der Waals surface area (Å²) >= 11 is 0. The van der Waals surface area contributed by atoms with Gasteiger partial charge in [0.05, 0.1) is 13.0 Å². The molecule has 1 aromatic rings. The number of likely N-dealkylation sites (N-methyl/N-ethyl adjacent to an activating group) is 1. The number of nitrogens with zero attached hydrogens (tertiary/aromatic N) is 1. The molecule has 0 aromatic heterocycles. The summed E-state index contributed by atoms with van der Waals surface area (Å²) in [6, 6.07) is 6.72. The number of fused-ring (bicyclic) bond motifs is 1. The van der Waals surface area contributed by atoms with Crippen LogP contribution in [0.5, 0.6) is 5.75 Å². The molecule has 0 spiro atoms. The van der Waals surface area contributed by atoms with E-state index in [-0.39, 0.29) is 5.92 Å². The van der Waals surface area contributed by atoms with Gasteiger partial charge in [-0.2, -0.15) is 0 Å². The van der Waals surface area contributed by atoms with E-state index in [9.17, 15) is 4.79 Å². The zero-order chi connectivity index (χ0) is 15.4. The number of carboxylic acid groups (broad SMARTS) is 1. The third kappa shape index (κ3) is 3.76. The van der Waals surface area contributed by atoms with Crippen molar-refractivity contribution in [3.63, 3.8) is 0 Å².